The first-order valence-corrected chi connectivity index (χ1v) is 7.67. The van der Waals surface area contributed by atoms with Crippen LogP contribution in [0.2, 0.25) is 0 Å². The van der Waals surface area contributed by atoms with Crippen LogP contribution in [0, 0.1) is 29.1 Å². The second-order valence-electron chi connectivity index (χ2n) is 5.50. The number of para-hydroxylation sites is 1. The predicted molar refractivity (Wildman–Crippen MR) is 85.6 cm³/mol. The fourth-order valence-corrected chi connectivity index (χ4v) is 2.58. The molecule has 3 aromatic rings. The van der Waals surface area contributed by atoms with E-state index in [1.807, 2.05) is 6.92 Å². The lowest BCUT2D eigenvalue weighted by Crippen LogP contribution is -2.12. The van der Waals surface area contributed by atoms with Gasteiger partial charge in [-0.05, 0) is 18.6 Å². The van der Waals surface area contributed by atoms with Gasteiger partial charge >= 0.3 is 0 Å². The van der Waals surface area contributed by atoms with E-state index in [4.69, 9.17) is 4.74 Å². The van der Waals surface area contributed by atoms with Gasteiger partial charge in [0.2, 0.25) is 5.82 Å². The molecule has 26 heavy (non-hydrogen) atoms. The molecule has 0 saturated carbocycles. The SMILES string of the molecule is CCCOc1cccc2c(=O)c(-c3c(F)c(F)c(F)c(F)c3F)c[nH]c12. The first kappa shape index (κ1) is 17.9. The van der Waals surface area contributed by atoms with Gasteiger partial charge in [-0.2, -0.15) is 0 Å². The van der Waals surface area contributed by atoms with Gasteiger partial charge < -0.3 is 9.72 Å². The van der Waals surface area contributed by atoms with Crippen LogP contribution in [0.3, 0.4) is 0 Å². The summed E-state index contributed by atoms with van der Waals surface area (Å²) in [4.78, 5) is 15.3. The van der Waals surface area contributed by atoms with Gasteiger partial charge in [0.1, 0.15) is 5.75 Å². The highest BCUT2D eigenvalue weighted by Gasteiger charge is 2.28. The third-order valence-electron chi connectivity index (χ3n) is 3.82. The Morgan fingerprint density at radius 2 is 1.58 bits per heavy atom. The van der Waals surface area contributed by atoms with E-state index < -0.39 is 45.6 Å². The van der Waals surface area contributed by atoms with E-state index in [0.717, 1.165) is 6.20 Å². The van der Waals surface area contributed by atoms with E-state index in [1.54, 1.807) is 6.07 Å². The average molecular weight is 369 g/mol. The van der Waals surface area contributed by atoms with Crippen LogP contribution < -0.4 is 10.2 Å². The van der Waals surface area contributed by atoms with Crippen molar-refractivity contribution in [3.63, 3.8) is 0 Å². The minimum absolute atomic E-state index is 0.0000411. The molecule has 0 bridgehead atoms. The maximum Gasteiger partial charge on any atom is 0.200 e. The van der Waals surface area contributed by atoms with E-state index >= 15 is 0 Å². The maximum atomic E-state index is 14.0. The first-order valence-electron chi connectivity index (χ1n) is 7.67. The lowest BCUT2D eigenvalue weighted by molar-refractivity contribution is 0.320. The smallest absolute Gasteiger partial charge is 0.200 e. The van der Waals surface area contributed by atoms with Gasteiger partial charge in [0.15, 0.2) is 28.7 Å². The monoisotopic (exact) mass is 369 g/mol. The van der Waals surface area contributed by atoms with Crippen LogP contribution in [-0.2, 0) is 0 Å². The molecule has 0 saturated heterocycles. The molecule has 0 unspecified atom stereocenters. The standard InChI is InChI=1S/C18H12F5NO2/c1-2-6-26-10-5-3-4-8-17(10)24-7-9(18(8)25)11-12(19)14(21)16(23)15(22)13(11)20/h3-5,7H,2,6H2,1H3,(H,24,25). The summed E-state index contributed by atoms with van der Waals surface area (Å²) in [6.07, 6.45) is 1.62. The minimum atomic E-state index is -2.28. The van der Waals surface area contributed by atoms with Crippen molar-refractivity contribution in [2.75, 3.05) is 6.61 Å². The molecule has 1 heterocycles. The van der Waals surface area contributed by atoms with E-state index in [-0.39, 0.29) is 10.9 Å². The van der Waals surface area contributed by atoms with Crippen molar-refractivity contribution in [1.82, 2.24) is 4.98 Å². The molecule has 0 amide bonds. The van der Waals surface area contributed by atoms with Gasteiger partial charge in [0.25, 0.3) is 0 Å². The summed E-state index contributed by atoms with van der Waals surface area (Å²) in [6.45, 7) is 2.26. The number of aromatic amines is 1. The molecule has 3 nitrogen and oxygen atoms in total. The van der Waals surface area contributed by atoms with Crippen LogP contribution in [0.4, 0.5) is 22.0 Å². The van der Waals surface area contributed by atoms with Gasteiger partial charge in [0, 0.05) is 11.6 Å². The summed E-state index contributed by atoms with van der Waals surface area (Å²) in [6, 6.07) is 4.44. The number of pyridine rings is 1. The zero-order valence-electron chi connectivity index (χ0n) is 13.4. The molecule has 0 aliphatic carbocycles. The van der Waals surface area contributed by atoms with E-state index in [9.17, 15) is 26.7 Å². The molecule has 1 N–H and O–H groups in total. The van der Waals surface area contributed by atoms with Crippen molar-refractivity contribution >= 4 is 10.9 Å². The zero-order chi connectivity index (χ0) is 19.0. The lowest BCUT2D eigenvalue weighted by atomic mass is 10.0. The number of nitrogens with one attached hydrogen (secondary N) is 1. The summed E-state index contributed by atoms with van der Waals surface area (Å²) >= 11 is 0. The van der Waals surface area contributed by atoms with E-state index in [1.165, 1.54) is 12.1 Å². The Labute approximate surface area is 144 Å². The third kappa shape index (κ3) is 2.71. The number of halogens is 5. The summed E-state index contributed by atoms with van der Waals surface area (Å²) in [5.41, 5.74) is -2.56. The molecule has 2 aromatic carbocycles. The summed E-state index contributed by atoms with van der Waals surface area (Å²) in [7, 11) is 0. The molecular weight excluding hydrogens is 357 g/mol. The molecule has 0 fully saturated rings. The van der Waals surface area contributed by atoms with Crippen LogP contribution >= 0.6 is 0 Å². The van der Waals surface area contributed by atoms with Gasteiger partial charge in [-0.25, -0.2) is 22.0 Å². The Morgan fingerprint density at radius 1 is 0.962 bits per heavy atom. The Kier molecular flexibility index (Phi) is 4.67. The van der Waals surface area contributed by atoms with Crippen LogP contribution in [0.1, 0.15) is 13.3 Å². The Bertz CT molecular complexity index is 1030. The molecular formula is C18H12F5NO2. The number of rotatable bonds is 4. The van der Waals surface area contributed by atoms with Crippen LogP contribution in [0.25, 0.3) is 22.0 Å². The topological polar surface area (TPSA) is 42.1 Å². The Balaban J connectivity index is 2.29. The molecule has 0 aliphatic heterocycles. The number of hydrogen-bond donors (Lipinski definition) is 1. The number of fused-ring (bicyclic) bond motifs is 1. The van der Waals surface area contributed by atoms with E-state index in [0.29, 0.717) is 18.8 Å². The van der Waals surface area contributed by atoms with Gasteiger partial charge in [0.05, 0.1) is 23.3 Å². The fraction of sp³-hybridized carbons (Fsp3) is 0.167. The molecule has 0 atom stereocenters. The van der Waals surface area contributed by atoms with Gasteiger partial charge in [-0.1, -0.05) is 13.0 Å². The molecule has 0 spiro atoms. The van der Waals surface area contributed by atoms with Crippen molar-refractivity contribution in [3.05, 3.63) is 63.7 Å². The number of aromatic nitrogens is 1. The van der Waals surface area contributed by atoms with Crippen molar-refractivity contribution in [3.8, 4) is 16.9 Å². The maximum absolute atomic E-state index is 14.0. The zero-order valence-corrected chi connectivity index (χ0v) is 13.4. The third-order valence-corrected chi connectivity index (χ3v) is 3.82. The summed E-state index contributed by atoms with van der Waals surface area (Å²) in [5, 5.41) is 0.0000411. The molecule has 0 aliphatic rings. The highest BCUT2D eigenvalue weighted by atomic mass is 19.2. The van der Waals surface area contributed by atoms with Crippen molar-refractivity contribution in [1.29, 1.82) is 0 Å². The Morgan fingerprint density at radius 3 is 2.19 bits per heavy atom. The fourth-order valence-electron chi connectivity index (χ4n) is 2.58. The number of ether oxygens (including phenoxy) is 1. The van der Waals surface area contributed by atoms with Crippen LogP contribution in [-0.4, -0.2) is 11.6 Å². The number of benzene rings is 2. The van der Waals surface area contributed by atoms with Crippen molar-refractivity contribution < 1.29 is 26.7 Å². The number of hydrogen-bond acceptors (Lipinski definition) is 2. The first-order chi connectivity index (χ1) is 12.4. The highest BCUT2D eigenvalue weighted by molar-refractivity contribution is 5.88. The second kappa shape index (κ2) is 6.78. The molecule has 8 heteroatoms. The number of H-pyrrole nitrogens is 1. The van der Waals surface area contributed by atoms with E-state index in [2.05, 4.69) is 4.98 Å². The van der Waals surface area contributed by atoms with Crippen molar-refractivity contribution in [2.45, 2.75) is 13.3 Å². The minimum Gasteiger partial charge on any atom is -0.491 e. The average Bonchev–Trinajstić information content (AvgIpc) is 2.65. The molecule has 1 aromatic heterocycles. The van der Waals surface area contributed by atoms with Crippen LogP contribution in [0.15, 0.2) is 29.2 Å². The highest BCUT2D eigenvalue weighted by Crippen LogP contribution is 2.31. The Hall–Kier alpha value is -2.90. The van der Waals surface area contributed by atoms with Crippen LogP contribution in [0.5, 0.6) is 5.75 Å². The quantitative estimate of drug-likeness (QED) is 0.412. The normalized spacial score (nSPS) is 11.2. The molecule has 136 valence electrons. The summed E-state index contributed by atoms with van der Waals surface area (Å²) in [5.74, 6) is -10.3. The largest absolute Gasteiger partial charge is 0.491 e. The predicted octanol–water partition coefficient (Wildman–Crippen LogP) is 4.68. The molecule has 3 rings (SSSR count). The lowest BCUT2D eigenvalue weighted by Gasteiger charge is -2.11. The van der Waals surface area contributed by atoms with Gasteiger partial charge in [-0.3, -0.25) is 4.79 Å². The van der Waals surface area contributed by atoms with Gasteiger partial charge in [-0.15, -0.1) is 0 Å². The van der Waals surface area contributed by atoms with Crippen molar-refractivity contribution in [2.24, 2.45) is 0 Å². The second-order valence-corrected chi connectivity index (χ2v) is 5.50. The molecule has 0 radical (unpaired) electrons. The summed E-state index contributed by atoms with van der Waals surface area (Å²) < 4.78 is 73.6.